The van der Waals surface area contributed by atoms with Crippen LogP contribution < -0.4 is 0 Å². The second-order valence-electron chi connectivity index (χ2n) is 5.83. The van der Waals surface area contributed by atoms with Gasteiger partial charge in [-0.25, -0.2) is 4.98 Å². The molecule has 94 valence electrons. The quantitative estimate of drug-likeness (QED) is 0.753. The molecule has 0 radical (unpaired) electrons. The lowest BCUT2D eigenvalue weighted by Crippen LogP contribution is -2.43. The van der Waals surface area contributed by atoms with Gasteiger partial charge in [0.2, 0.25) is 0 Å². The fraction of sp³-hybridized carbons (Fsp3) is 0.692. The summed E-state index contributed by atoms with van der Waals surface area (Å²) in [5, 5.41) is 0. The first-order valence-corrected chi connectivity index (χ1v) is 6.16. The number of amides is 1. The van der Waals surface area contributed by atoms with Gasteiger partial charge in [0, 0.05) is 13.1 Å². The van der Waals surface area contributed by atoms with Gasteiger partial charge in [0.25, 0.3) is 5.91 Å². The van der Waals surface area contributed by atoms with Crippen molar-refractivity contribution < 1.29 is 9.21 Å². The van der Waals surface area contributed by atoms with Gasteiger partial charge in [-0.05, 0) is 24.2 Å². The molecule has 1 atom stereocenters. The van der Waals surface area contributed by atoms with E-state index in [0.717, 1.165) is 19.5 Å². The van der Waals surface area contributed by atoms with Gasteiger partial charge in [-0.3, -0.25) is 4.79 Å². The normalized spacial score (nSPS) is 21.6. The molecule has 1 aliphatic rings. The molecule has 0 aliphatic carbocycles. The lowest BCUT2D eigenvalue weighted by molar-refractivity contribution is 0.0557. The Kier molecular flexibility index (Phi) is 3.22. The topological polar surface area (TPSA) is 46.3 Å². The van der Waals surface area contributed by atoms with Crippen LogP contribution in [0.4, 0.5) is 0 Å². The molecule has 4 nitrogen and oxygen atoms in total. The number of hydrogen-bond donors (Lipinski definition) is 0. The van der Waals surface area contributed by atoms with E-state index in [1.165, 1.54) is 19.1 Å². The minimum atomic E-state index is -0.00676. The molecule has 0 N–H and O–H groups in total. The van der Waals surface area contributed by atoms with E-state index in [4.69, 9.17) is 4.42 Å². The van der Waals surface area contributed by atoms with Gasteiger partial charge < -0.3 is 9.32 Å². The fourth-order valence-electron chi connectivity index (χ4n) is 2.35. The highest BCUT2D eigenvalue weighted by atomic mass is 16.3. The summed E-state index contributed by atoms with van der Waals surface area (Å²) in [6.07, 6.45) is 5.00. The van der Waals surface area contributed by atoms with Crippen LogP contribution in [0.1, 0.15) is 44.1 Å². The third-order valence-electron chi connectivity index (χ3n) is 3.58. The Morgan fingerprint density at radius 3 is 2.88 bits per heavy atom. The molecule has 1 aliphatic heterocycles. The summed E-state index contributed by atoms with van der Waals surface area (Å²) in [4.78, 5) is 18.0. The van der Waals surface area contributed by atoms with E-state index in [1.807, 2.05) is 4.90 Å². The van der Waals surface area contributed by atoms with Crippen molar-refractivity contribution in [3.05, 3.63) is 18.4 Å². The molecule has 1 aromatic rings. The van der Waals surface area contributed by atoms with E-state index in [9.17, 15) is 4.79 Å². The predicted molar refractivity (Wildman–Crippen MR) is 64.6 cm³/mol. The molecule has 1 fully saturated rings. The number of rotatable bonds is 1. The van der Waals surface area contributed by atoms with Gasteiger partial charge in [-0.15, -0.1) is 0 Å². The number of oxazole rings is 1. The predicted octanol–water partition coefficient (Wildman–Crippen LogP) is 2.57. The van der Waals surface area contributed by atoms with Gasteiger partial charge in [0.15, 0.2) is 12.1 Å². The standard InChI is InChI=1S/C13H20N2O2/c1-13(2,3)10-5-4-6-15(7-10)12(16)11-8-17-9-14-11/h8-10H,4-7H2,1-3H3. The first-order chi connectivity index (χ1) is 7.98. The minimum absolute atomic E-state index is 0.00676. The SMILES string of the molecule is CC(C)(C)C1CCCN(C(=O)c2cocn2)C1. The molecule has 1 amide bonds. The van der Waals surface area contributed by atoms with Crippen LogP contribution in [0.3, 0.4) is 0 Å². The Balaban J connectivity index is 2.05. The Labute approximate surface area is 102 Å². The van der Waals surface area contributed by atoms with E-state index in [2.05, 4.69) is 25.8 Å². The number of carbonyl (C=O) groups is 1. The lowest BCUT2D eigenvalue weighted by Gasteiger charge is -2.39. The summed E-state index contributed by atoms with van der Waals surface area (Å²) in [6.45, 7) is 8.37. The van der Waals surface area contributed by atoms with Crippen LogP contribution in [0.25, 0.3) is 0 Å². The molecule has 2 rings (SSSR count). The molecule has 1 unspecified atom stereocenters. The Morgan fingerprint density at radius 2 is 2.29 bits per heavy atom. The maximum absolute atomic E-state index is 12.1. The second-order valence-corrected chi connectivity index (χ2v) is 5.83. The first-order valence-electron chi connectivity index (χ1n) is 6.16. The van der Waals surface area contributed by atoms with Crippen LogP contribution in [0.15, 0.2) is 17.1 Å². The molecule has 1 saturated heterocycles. The van der Waals surface area contributed by atoms with Gasteiger partial charge in [0.1, 0.15) is 6.26 Å². The molecule has 4 heteroatoms. The molecule has 1 aromatic heterocycles. The van der Waals surface area contributed by atoms with Crippen LogP contribution >= 0.6 is 0 Å². The van der Waals surface area contributed by atoms with E-state index < -0.39 is 0 Å². The number of hydrogen-bond acceptors (Lipinski definition) is 3. The summed E-state index contributed by atoms with van der Waals surface area (Å²) >= 11 is 0. The van der Waals surface area contributed by atoms with Crippen molar-refractivity contribution in [2.45, 2.75) is 33.6 Å². The van der Waals surface area contributed by atoms with Crippen LogP contribution in [0.5, 0.6) is 0 Å². The Hall–Kier alpha value is -1.32. The molecule has 0 bridgehead atoms. The van der Waals surface area contributed by atoms with Crippen molar-refractivity contribution in [3.8, 4) is 0 Å². The van der Waals surface area contributed by atoms with E-state index in [1.54, 1.807) is 0 Å². The maximum atomic E-state index is 12.1. The zero-order chi connectivity index (χ0) is 12.5. The zero-order valence-corrected chi connectivity index (χ0v) is 10.8. The van der Waals surface area contributed by atoms with Gasteiger partial charge in [-0.2, -0.15) is 0 Å². The molecular formula is C13H20N2O2. The van der Waals surface area contributed by atoms with Gasteiger partial charge in [0.05, 0.1) is 0 Å². The molecule has 0 aromatic carbocycles. The monoisotopic (exact) mass is 236 g/mol. The summed E-state index contributed by atoms with van der Waals surface area (Å²) in [5.74, 6) is 0.555. The third kappa shape index (κ3) is 2.68. The first kappa shape index (κ1) is 12.1. The molecule has 0 spiro atoms. The number of likely N-dealkylation sites (tertiary alicyclic amines) is 1. The van der Waals surface area contributed by atoms with E-state index in [-0.39, 0.29) is 11.3 Å². The second kappa shape index (κ2) is 4.51. The number of nitrogens with zero attached hydrogens (tertiary/aromatic N) is 2. The summed E-state index contributed by atoms with van der Waals surface area (Å²) in [6, 6.07) is 0. The van der Waals surface area contributed by atoms with Gasteiger partial charge in [-0.1, -0.05) is 20.8 Å². The highest BCUT2D eigenvalue weighted by Gasteiger charge is 2.32. The lowest BCUT2D eigenvalue weighted by atomic mass is 9.76. The minimum Gasteiger partial charge on any atom is -0.451 e. The summed E-state index contributed by atoms with van der Waals surface area (Å²) in [7, 11) is 0. The summed E-state index contributed by atoms with van der Waals surface area (Å²) in [5.41, 5.74) is 0.669. The van der Waals surface area contributed by atoms with Crippen molar-refractivity contribution in [2.24, 2.45) is 11.3 Å². The van der Waals surface area contributed by atoms with Crippen LogP contribution in [-0.4, -0.2) is 28.9 Å². The molecule has 2 heterocycles. The van der Waals surface area contributed by atoms with Gasteiger partial charge >= 0.3 is 0 Å². The smallest absolute Gasteiger partial charge is 0.275 e. The van der Waals surface area contributed by atoms with Crippen molar-refractivity contribution in [3.63, 3.8) is 0 Å². The fourth-order valence-corrected chi connectivity index (χ4v) is 2.35. The summed E-state index contributed by atoms with van der Waals surface area (Å²) < 4.78 is 4.86. The number of aromatic nitrogens is 1. The Morgan fingerprint density at radius 1 is 1.53 bits per heavy atom. The van der Waals surface area contributed by atoms with E-state index >= 15 is 0 Å². The van der Waals surface area contributed by atoms with Crippen LogP contribution in [0.2, 0.25) is 0 Å². The molecule has 17 heavy (non-hydrogen) atoms. The van der Waals surface area contributed by atoms with Crippen molar-refractivity contribution in [1.29, 1.82) is 0 Å². The third-order valence-corrected chi connectivity index (χ3v) is 3.58. The van der Waals surface area contributed by atoms with Crippen molar-refractivity contribution in [1.82, 2.24) is 9.88 Å². The highest BCUT2D eigenvalue weighted by molar-refractivity contribution is 5.91. The molecule has 0 saturated carbocycles. The average Bonchev–Trinajstić information content (AvgIpc) is 2.80. The zero-order valence-electron chi connectivity index (χ0n) is 10.8. The number of carbonyl (C=O) groups excluding carboxylic acids is 1. The number of piperidine rings is 1. The van der Waals surface area contributed by atoms with Crippen LogP contribution in [-0.2, 0) is 0 Å². The van der Waals surface area contributed by atoms with Crippen molar-refractivity contribution in [2.75, 3.05) is 13.1 Å². The van der Waals surface area contributed by atoms with Crippen molar-refractivity contribution >= 4 is 5.91 Å². The average molecular weight is 236 g/mol. The van der Waals surface area contributed by atoms with Crippen LogP contribution in [0, 0.1) is 11.3 Å². The van der Waals surface area contributed by atoms with E-state index in [0.29, 0.717) is 11.6 Å². The highest BCUT2D eigenvalue weighted by Crippen LogP contribution is 2.33. The Bertz CT molecular complexity index is 379. The largest absolute Gasteiger partial charge is 0.451 e. The molecular weight excluding hydrogens is 216 g/mol. The maximum Gasteiger partial charge on any atom is 0.275 e.